The van der Waals surface area contributed by atoms with Gasteiger partial charge in [-0.2, -0.15) is 0 Å². The van der Waals surface area contributed by atoms with Gasteiger partial charge in [0.25, 0.3) is 0 Å². The molecule has 0 aliphatic carbocycles. The number of unbranched alkanes of at least 4 members (excludes halogenated alkanes) is 2. The SMILES string of the molecule is CCCCCN1C(=O)C2(COc3ccc(-c4cncnc4)cc32)c2ccccc21. The largest absolute Gasteiger partial charge is 0.491 e. The minimum Gasteiger partial charge on any atom is -0.491 e. The number of rotatable bonds is 5. The molecule has 0 fully saturated rings. The van der Waals surface area contributed by atoms with Crippen molar-refractivity contribution in [3.05, 3.63) is 72.3 Å². The third-order valence-electron chi connectivity index (χ3n) is 6.03. The van der Waals surface area contributed by atoms with Crippen molar-refractivity contribution in [2.45, 2.75) is 31.6 Å². The summed E-state index contributed by atoms with van der Waals surface area (Å²) in [5.74, 6) is 0.902. The van der Waals surface area contributed by atoms with Gasteiger partial charge in [0, 0.05) is 35.8 Å². The van der Waals surface area contributed by atoms with Gasteiger partial charge in [-0.1, -0.05) is 44.0 Å². The first-order valence-corrected chi connectivity index (χ1v) is 10.2. The molecule has 0 radical (unpaired) electrons. The topological polar surface area (TPSA) is 55.3 Å². The Kier molecular flexibility index (Phi) is 4.31. The van der Waals surface area contributed by atoms with E-state index < -0.39 is 5.41 Å². The Hall–Kier alpha value is -3.21. The van der Waals surface area contributed by atoms with Crippen LogP contribution in [0.3, 0.4) is 0 Å². The lowest BCUT2D eigenvalue weighted by molar-refractivity contribution is -0.122. The number of aromatic nitrogens is 2. The van der Waals surface area contributed by atoms with Crippen molar-refractivity contribution in [2.24, 2.45) is 0 Å². The summed E-state index contributed by atoms with van der Waals surface area (Å²) in [6, 6.07) is 14.2. The number of hydrogen-bond donors (Lipinski definition) is 0. The molecule has 2 aliphatic rings. The van der Waals surface area contributed by atoms with Crippen LogP contribution in [-0.2, 0) is 10.2 Å². The van der Waals surface area contributed by atoms with E-state index in [1.807, 2.05) is 29.2 Å². The monoisotopic (exact) mass is 385 g/mol. The first-order valence-electron chi connectivity index (χ1n) is 10.2. The molecule has 146 valence electrons. The summed E-state index contributed by atoms with van der Waals surface area (Å²) in [6.07, 6.45) is 8.35. The van der Waals surface area contributed by atoms with Crippen molar-refractivity contribution < 1.29 is 9.53 Å². The quantitative estimate of drug-likeness (QED) is 0.613. The zero-order chi connectivity index (χ0) is 19.8. The fourth-order valence-electron chi connectivity index (χ4n) is 4.55. The van der Waals surface area contributed by atoms with Gasteiger partial charge >= 0.3 is 0 Å². The highest BCUT2D eigenvalue weighted by Gasteiger charge is 2.56. The van der Waals surface area contributed by atoms with Crippen LogP contribution in [0, 0.1) is 0 Å². The zero-order valence-corrected chi connectivity index (χ0v) is 16.5. The van der Waals surface area contributed by atoms with E-state index in [0.29, 0.717) is 6.61 Å². The van der Waals surface area contributed by atoms with Gasteiger partial charge in [-0.15, -0.1) is 0 Å². The molecule has 1 unspecified atom stereocenters. The number of benzene rings is 2. The Bertz CT molecular complexity index is 1070. The smallest absolute Gasteiger partial charge is 0.245 e. The zero-order valence-electron chi connectivity index (χ0n) is 16.5. The molecule has 2 aromatic carbocycles. The van der Waals surface area contributed by atoms with Crippen LogP contribution in [0.4, 0.5) is 5.69 Å². The molecule has 5 heteroatoms. The second-order valence-electron chi connectivity index (χ2n) is 7.71. The summed E-state index contributed by atoms with van der Waals surface area (Å²) in [4.78, 5) is 24.0. The number of fused-ring (bicyclic) bond motifs is 4. The summed E-state index contributed by atoms with van der Waals surface area (Å²) in [5.41, 5.74) is 4.14. The maximum absolute atomic E-state index is 13.8. The third kappa shape index (κ3) is 2.64. The summed E-state index contributed by atoms with van der Waals surface area (Å²) in [6.45, 7) is 3.27. The standard InChI is InChI=1S/C24H23N3O2/c1-2-3-6-11-27-21-8-5-4-7-19(21)24(23(27)28)15-29-22-10-9-17(12-20(22)24)18-13-25-16-26-14-18/h4-5,7-10,12-14,16H,2-3,6,11,15H2,1H3. The van der Waals surface area contributed by atoms with Gasteiger partial charge in [0.1, 0.15) is 24.1 Å². The first-order chi connectivity index (χ1) is 14.3. The lowest BCUT2D eigenvalue weighted by atomic mass is 9.76. The minimum absolute atomic E-state index is 0.120. The molecule has 0 saturated heterocycles. The maximum Gasteiger partial charge on any atom is 0.245 e. The number of ether oxygens (including phenoxy) is 1. The number of carbonyl (C=O) groups excluding carboxylic acids is 1. The van der Waals surface area contributed by atoms with Crippen molar-refractivity contribution in [1.29, 1.82) is 0 Å². The Morgan fingerprint density at radius 1 is 1.03 bits per heavy atom. The number of carbonyl (C=O) groups is 1. The highest BCUT2D eigenvalue weighted by molar-refractivity contribution is 6.11. The molecule has 29 heavy (non-hydrogen) atoms. The van der Waals surface area contributed by atoms with Crippen LogP contribution in [0.15, 0.2) is 61.2 Å². The van der Waals surface area contributed by atoms with Gasteiger partial charge in [0.15, 0.2) is 0 Å². The summed E-state index contributed by atoms with van der Waals surface area (Å²) in [7, 11) is 0. The van der Waals surface area contributed by atoms with Gasteiger partial charge in [-0.25, -0.2) is 9.97 Å². The van der Waals surface area contributed by atoms with Crippen molar-refractivity contribution in [3.63, 3.8) is 0 Å². The second kappa shape index (κ2) is 6.99. The van der Waals surface area contributed by atoms with Crippen LogP contribution in [0.5, 0.6) is 5.75 Å². The van der Waals surface area contributed by atoms with E-state index in [4.69, 9.17) is 4.74 Å². The van der Waals surface area contributed by atoms with Crippen molar-refractivity contribution in [3.8, 4) is 16.9 Å². The Morgan fingerprint density at radius 2 is 1.86 bits per heavy atom. The lowest BCUT2D eigenvalue weighted by Gasteiger charge is -2.23. The molecular weight excluding hydrogens is 362 g/mol. The average Bonchev–Trinajstić information content (AvgIpc) is 3.27. The van der Waals surface area contributed by atoms with Crippen LogP contribution in [0.25, 0.3) is 11.1 Å². The highest BCUT2D eigenvalue weighted by Crippen LogP contribution is 2.52. The fourth-order valence-corrected chi connectivity index (χ4v) is 4.55. The molecule has 1 spiro atoms. The van der Waals surface area contributed by atoms with Gasteiger partial charge < -0.3 is 9.64 Å². The van der Waals surface area contributed by atoms with Crippen LogP contribution < -0.4 is 9.64 Å². The highest BCUT2D eigenvalue weighted by atomic mass is 16.5. The van der Waals surface area contributed by atoms with E-state index in [0.717, 1.165) is 59.5 Å². The van der Waals surface area contributed by atoms with Crippen molar-refractivity contribution in [2.75, 3.05) is 18.1 Å². The number of para-hydroxylation sites is 1. The Balaban J connectivity index is 1.63. The number of anilines is 1. The van der Waals surface area contributed by atoms with E-state index >= 15 is 0 Å². The molecule has 3 aromatic rings. The molecule has 3 heterocycles. The molecule has 5 rings (SSSR count). The minimum atomic E-state index is -0.774. The van der Waals surface area contributed by atoms with E-state index in [1.165, 1.54) is 6.33 Å². The van der Waals surface area contributed by atoms with E-state index in [2.05, 4.69) is 35.1 Å². The summed E-state index contributed by atoms with van der Waals surface area (Å²) >= 11 is 0. The average molecular weight is 385 g/mol. The predicted octanol–water partition coefficient (Wildman–Crippen LogP) is 4.36. The lowest BCUT2D eigenvalue weighted by Crippen LogP contribution is -2.42. The fraction of sp³-hybridized carbons (Fsp3) is 0.292. The number of amides is 1. The van der Waals surface area contributed by atoms with Crippen LogP contribution >= 0.6 is 0 Å². The molecule has 0 N–H and O–H groups in total. The summed E-state index contributed by atoms with van der Waals surface area (Å²) < 4.78 is 6.05. The molecule has 1 atom stereocenters. The summed E-state index contributed by atoms with van der Waals surface area (Å²) in [5, 5.41) is 0. The van der Waals surface area contributed by atoms with Crippen molar-refractivity contribution in [1.82, 2.24) is 9.97 Å². The molecule has 2 aliphatic heterocycles. The third-order valence-corrected chi connectivity index (χ3v) is 6.03. The number of nitrogens with zero attached hydrogens (tertiary/aromatic N) is 3. The Labute approximate surface area is 170 Å². The maximum atomic E-state index is 13.8. The van der Waals surface area contributed by atoms with E-state index in [-0.39, 0.29) is 5.91 Å². The van der Waals surface area contributed by atoms with Gasteiger partial charge in [0.05, 0.1) is 0 Å². The van der Waals surface area contributed by atoms with E-state index in [1.54, 1.807) is 12.4 Å². The first kappa shape index (κ1) is 17.9. The van der Waals surface area contributed by atoms with E-state index in [9.17, 15) is 4.79 Å². The Morgan fingerprint density at radius 3 is 2.69 bits per heavy atom. The molecule has 0 saturated carbocycles. The molecule has 0 bridgehead atoms. The van der Waals surface area contributed by atoms with Crippen LogP contribution in [-0.4, -0.2) is 29.0 Å². The molecule has 1 aromatic heterocycles. The van der Waals surface area contributed by atoms with Crippen molar-refractivity contribution >= 4 is 11.6 Å². The molecular formula is C24H23N3O2. The van der Waals surface area contributed by atoms with Crippen LogP contribution in [0.2, 0.25) is 0 Å². The second-order valence-corrected chi connectivity index (χ2v) is 7.71. The predicted molar refractivity (Wildman–Crippen MR) is 112 cm³/mol. The molecule has 5 nitrogen and oxygen atoms in total. The van der Waals surface area contributed by atoms with Gasteiger partial charge in [-0.3, -0.25) is 4.79 Å². The van der Waals surface area contributed by atoms with Crippen LogP contribution in [0.1, 0.15) is 37.3 Å². The number of hydrogen-bond acceptors (Lipinski definition) is 4. The normalized spacial score (nSPS) is 19.3. The van der Waals surface area contributed by atoms with Gasteiger partial charge in [0.2, 0.25) is 5.91 Å². The van der Waals surface area contributed by atoms with Gasteiger partial charge in [-0.05, 0) is 35.7 Å². The molecule has 1 amide bonds.